The van der Waals surface area contributed by atoms with Crippen LogP contribution in [0.25, 0.3) is 11.3 Å². The van der Waals surface area contributed by atoms with Crippen molar-refractivity contribution in [2.24, 2.45) is 0 Å². The molecule has 0 aliphatic rings. The lowest BCUT2D eigenvalue weighted by Gasteiger charge is -2.10. The normalized spacial score (nSPS) is 11.2. The van der Waals surface area contributed by atoms with Crippen LogP contribution in [0.4, 0.5) is 0 Å². The molecular weight excluding hydrogens is 442 g/mol. The lowest BCUT2D eigenvalue weighted by atomic mass is 10.1. The van der Waals surface area contributed by atoms with Gasteiger partial charge in [0.2, 0.25) is 0 Å². The fraction of sp³-hybridized carbons (Fsp3) is 0.150. The molecule has 3 aromatic rings. The van der Waals surface area contributed by atoms with Crippen molar-refractivity contribution in [2.45, 2.75) is 18.4 Å². The summed E-state index contributed by atoms with van der Waals surface area (Å²) in [6.07, 6.45) is 5.72. The first-order valence-electron chi connectivity index (χ1n) is 8.85. The van der Waals surface area contributed by atoms with E-state index in [1.54, 1.807) is 35.9 Å². The fourth-order valence-electron chi connectivity index (χ4n) is 2.57. The summed E-state index contributed by atoms with van der Waals surface area (Å²) in [5, 5.41) is 22.7. The van der Waals surface area contributed by atoms with Crippen LogP contribution < -0.4 is 5.32 Å². The molecule has 0 fully saturated rings. The van der Waals surface area contributed by atoms with Crippen molar-refractivity contribution in [1.82, 2.24) is 14.3 Å². The van der Waals surface area contributed by atoms with Crippen LogP contribution in [0.1, 0.15) is 11.1 Å². The Morgan fingerprint density at radius 3 is 2.39 bits per heavy atom. The van der Waals surface area contributed by atoms with Crippen LogP contribution in [-0.4, -0.2) is 46.6 Å². The zero-order chi connectivity index (χ0) is 23.0. The Morgan fingerprint density at radius 2 is 1.90 bits per heavy atom. The Balaban J connectivity index is 0.000000366. The van der Waals surface area contributed by atoms with Gasteiger partial charge in [-0.05, 0) is 48.7 Å². The van der Waals surface area contributed by atoms with Gasteiger partial charge in [0.25, 0.3) is 10.0 Å². The molecule has 3 rings (SSSR count). The van der Waals surface area contributed by atoms with Crippen LogP contribution in [0, 0.1) is 6.92 Å². The summed E-state index contributed by atoms with van der Waals surface area (Å²) in [5.41, 5.74) is 3.59. The van der Waals surface area contributed by atoms with Crippen LogP contribution in [0.15, 0.2) is 64.6 Å². The third kappa shape index (κ3) is 6.35. The SMILES string of the molecule is CNCc1cc(-c2cscc2C)n(S(=O)(=O)c2cccnc2)c1.O=C(O)/C=C/C(=O)O. The van der Waals surface area contributed by atoms with E-state index in [0.29, 0.717) is 24.4 Å². The molecule has 3 N–H and O–H groups in total. The highest BCUT2D eigenvalue weighted by atomic mass is 32.2. The van der Waals surface area contributed by atoms with Crippen LogP contribution in [0.2, 0.25) is 0 Å². The molecule has 0 unspecified atom stereocenters. The number of carboxylic acid groups (broad SMARTS) is 2. The van der Waals surface area contributed by atoms with Crippen LogP contribution in [0.5, 0.6) is 0 Å². The quantitative estimate of drug-likeness (QED) is 0.455. The molecule has 0 aliphatic carbocycles. The van der Waals surface area contributed by atoms with Crippen LogP contribution >= 0.6 is 11.3 Å². The van der Waals surface area contributed by atoms with Crippen LogP contribution in [0.3, 0.4) is 0 Å². The molecule has 11 heteroatoms. The summed E-state index contributed by atoms with van der Waals surface area (Å²) < 4.78 is 27.3. The largest absolute Gasteiger partial charge is 0.478 e. The summed E-state index contributed by atoms with van der Waals surface area (Å²) in [5.74, 6) is -2.51. The second-order valence-corrected chi connectivity index (χ2v) is 8.79. The number of aryl methyl sites for hydroxylation is 1. The average Bonchev–Trinajstić information content (AvgIpc) is 3.34. The van der Waals surface area contributed by atoms with E-state index in [1.165, 1.54) is 10.2 Å². The number of aliphatic carboxylic acids is 2. The van der Waals surface area contributed by atoms with Crippen molar-refractivity contribution in [2.75, 3.05) is 7.05 Å². The molecular formula is C20H21N3O6S2. The number of carboxylic acids is 2. The molecule has 0 radical (unpaired) electrons. The van der Waals surface area contributed by atoms with Gasteiger partial charge in [-0.1, -0.05) is 0 Å². The van der Waals surface area contributed by atoms with Crippen molar-refractivity contribution in [3.05, 3.63) is 70.8 Å². The van der Waals surface area contributed by atoms with Crippen molar-refractivity contribution < 1.29 is 28.2 Å². The van der Waals surface area contributed by atoms with Crippen molar-refractivity contribution in [1.29, 1.82) is 0 Å². The molecule has 164 valence electrons. The molecule has 9 nitrogen and oxygen atoms in total. The van der Waals surface area contributed by atoms with E-state index in [-0.39, 0.29) is 4.90 Å². The molecule has 0 bridgehead atoms. The average molecular weight is 464 g/mol. The maximum Gasteiger partial charge on any atom is 0.328 e. The highest BCUT2D eigenvalue weighted by Crippen LogP contribution is 2.31. The van der Waals surface area contributed by atoms with Crippen LogP contribution in [-0.2, 0) is 26.2 Å². The smallest absolute Gasteiger partial charge is 0.328 e. The van der Waals surface area contributed by atoms with Gasteiger partial charge in [-0.3, -0.25) is 4.98 Å². The summed E-state index contributed by atoms with van der Waals surface area (Å²) in [4.78, 5) is 23.2. The predicted octanol–water partition coefficient (Wildman–Crippen LogP) is 2.59. The summed E-state index contributed by atoms with van der Waals surface area (Å²) >= 11 is 1.56. The molecule has 3 heterocycles. The molecule has 0 saturated carbocycles. The van der Waals surface area contributed by atoms with Gasteiger partial charge in [0.15, 0.2) is 0 Å². The first-order chi connectivity index (χ1) is 14.7. The number of hydrogen-bond donors (Lipinski definition) is 3. The Hall–Kier alpha value is -3.28. The lowest BCUT2D eigenvalue weighted by molar-refractivity contribution is -0.134. The van der Waals surface area contributed by atoms with E-state index in [9.17, 15) is 18.0 Å². The van der Waals surface area contributed by atoms with E-state index in [1.807, 2.05) is 30.8 Å². The number of thiophene rings is 1. The van der Waals surface area contributed by atoms with Gasteiger partial charge in [0, 0.05) is 48.2 Å². The van der Waals surface area contributed by atoms with Gasteiger partial charge in [-0.15, -0.1) is 0 Å². The zero-order valence-electron chi connectivity index (χ0n) is 16.7. The molecule has 0 saturated heterocycles. The number of nitrogens with zero attached hydrogens (tertiary/aromatic N) is 2. The third-order valence-corrected chi connectivity index (χ3v) is 6.43. The summed E-state index contributed by atoms with van der Waals surface area (Å²) in [6.45, 7) is 2.59. The van der Waals surface area contributed by atoms with E-state index in [2.05, 4.69) is 10.3 Å². The molecule has 31 heavy (non-hydrogen) atoms. The van der Waals surface area contributed by atoms with E-state index < -0.39 is 22.0 Å². The number of carbonyl (C=O) groups is 2. The summed E-state index contributed by atoms with van der Waals surface area (Å²) in [7, 11) is -1.84. The minimum Gasteiger partial charge on any atom is -0.478 e. The molecule has 0 aliphatic heterocycles. The van der Waals surface area contributed by atoms with Gasteiger partial charge >= 0.3 is 11.9 Å². The Morgan fingerprint density at radius 1 is 1.23 bits per heavy atom. The number of pyridine rings is 1. The minimum atomic E-state index is -3.68. The lowest BCUT2D eigenvalue weighted by Crippen LogP contribution is -2.13. The van der Waals surface area contributed by atoms with Gasteiger partial charge < -0.3 is 15.5 Å². The second kappa shape index (κ2) is 10.7. The van der Waals surface area contributed by atoms with E-state index >= 15 is 0 Å². The van der Waals surface area contributed by atoms with Gasteiger partial charge in [0.05, 0.1) is 5.69 Å². The number of nitrogens with one attached hydrogen (secondary N) is 1. The number of aromatic nitrogens is 2. The van der Waals surface area contributed by atoms with Gasteiger partial charge in [-0.2, -0.15) is 11.3 Å². The van der Waals surface area contributed by atoms with Crippen molar-refractivity contribution >= 4 is 33.3 Å². The monoisotopic (exact) mass is 463 g/mol. The molecule has 0 amide bonds. The minimum absolute atomic E-state index is 0.181. The maximum absolute atomic E-state index is 13.0. The molecule has 3 aromatic heterocycles. The molecule has 0 atom stereocenters. The predicted molar refractivity (Wildman–Crippen MR) is 116 cm³/mol. The topological polar surface area (TPSA) is 139 Å². The number of rotatable bonds is 7. The fourth-order valence-corrected chi connectivity index (χ4v) is 4.77. The van der Waals surface area contributed by atoms with Gasteiger partial charge in [-0.25, -0.2) is 22.0 Å². The Labute approximate surface area is 183 Å². The van der Waals surface area contributed by atoms with Gasteiger partial charge in [0.1, 0.15) is 4.90 Å². The zero-order valence-corrected chi connectivity index (χ0v) is 18.4. The summed E-state index contributed by atoms with van der Waals surface area (Å²) in [6, 6.07) is 5.10. The highest BCUT2D eigenvalue weighted by Gasteiger charge is 2.22. The van der Waals surface area contributed by atoms with Crippen molar-refractivity contribution in [3.8, 4) is 11.3 Å². The molecule has 0 spiro atoms. The molecule has 0 aromatic carbocycles. The Kier molecular flexibility index (Phi) is 8.25. The standard InChI is InChI=1S/C16H17N3O2S2.C4H4O4/c1-12-10-22-11-15(12)16-6-13(7-17-2)9-19(16)23(20,21)14-4-3-5-18-8-14;5-3(6)1-2-4(7)8/h3-6,8-11,17H,7H2,1-2H3;1-2H,(H,5,6)(H,7,8)/b;2-1+. The highest BCUT2D eigenvalue weighted by molar-refractivity contribution is 7.90. The van der Waals surface area contributed by atoms with Crippen molar-refractivity contribution in [3.63, 3.8) is 0 Å². The second-order valence-electron chi connectivity index (χ2n) is 6.23. The third-order valence-electron chi connectivity index (χ3n) is 3.91. The van der Waals surface area contributed by atoms with E-state index in [4.69, 9.17) is 10.2 Å². The number of hydrogen-bond acceptors (Lipinski definition) is 7. The first-order valence-corrected chi connectivity index (χ1v) is 11.2. The first kappa shape index (κ1) is 24.0. The Bertz CT molecular complexity index is 1160. The van der Waals surface area contributed by atoms with E-state index in [0.717, 1.165) is 16.7 Å². The maximum atomic E-state index is 13.0.